The van der Waals surface area contributed by atoms with Crippen molar-refractivity contribution in [2.75, 3.05) is 5.73 Å². The number of para-hydroxylation sites is 1. The van der Waals surface area contributed by atoms with Gasteiger partial charge in [0.2, 0.25) is 0 Å². The summed E-state index contributed by atoms with van der Waals surface area (Å²) in [4.78, 5) is 11.9. The molecule has 0 radical (unpaired) electrons. The number of aromatic nitrogens is 1. The molecule has 0 saturated heterocycles. The molecule has 80 valence electrons. The zero-order valence-electron chi connectivity index (χ0n) is 8.81. The Bertz CT molecular complexity index is 614. The van der Waals surface area contributed by atoms with E-state index in [0.29, 0.717) is 5.69 Å². The van der Waals surface area contributed by atoms with Crippen LogP contribution < -0.4 is 11.3 Å². The first kappa shape index (κ1) is 9.21. The lowest BCUT2D eigenvalue weighted by molar-refractivity contribution is 0.777. The Morgan fingerprint density at radius 2 is 1.88 bits per heavy atom. The third-order valence-electron chi connectivity index (χ3n) is 3.09. The molecule has 1 aliphatic rings. The number of pyridine rings is 1. The summed E-state index contributed by atoms with van der Waals surface area (Å²) >= 11 is 0. The van der Waals surface area contributed by atoms with Gasteiger partial charge in [-0.15, -0.1) is 0 Å². The van der Waals surface area contributed by atoms with E-state index in [4.69, 9.17) is 5.73 Å². The van der Waals surface area contributed by atoms with Crippen LogP contribution in [-0.2, 0) is 12.8 Å². The van der Waals surface area contributed by atoms with Gasteiger partial charge in [0.05, 0.1) is 11.4 Å². The zero-order valence-corrected chi connectivity index (χ0v) is 8.81. The van der Waals surface area contributed by atoms with Gasteiger partial charge in [0, 0.05) is 11.8 Å². The molecular formula is C13H12N2O. The number of hydrogen-bond acceptors (Lipinski definition) is 2. The van der Waals surface area contributed by atoms with Gasteiger partial charge in [0.15, 0.2) is 0 Å². The number of hydrogen-bond donors (Lipinski definition) is 1. The minimum Gasteiger partial charge on any atom is -0.397 e. The van der Waals surface area contributed by atoms with Crippen LogP contribution in [0.4, 0.5) is 5.69 Å². The molecule has 0 bridgehead atoms. The van der Waals surface area contributed by atoms with Crippen LogP contribution in [0.3, 0.4) is 0 Å². The van der Waals surface area contributed by atoms with Crippen LogP contribution in [0.25, 0.3) is 5.69 Å². The van der Waals surface area contributed by atoms with E-state index in [1.54, 1.807) is 10.6 Å². The topological polar surface area (TPSA) is 48.0 Å². The van der Waals surface area contributed by atoms with Gasteiger partial charge >= 0.3 is 0 Å². The number of nitrogens with two attached hydrogens (primary N) is 1. The molecule has 1 aromatic heterocycles. The molecule has 2 N–H and O–H groups in total. The number of fused-ring (bicyclic) bond motifs is 3. The average molecular weight is 212 g/mol. The first-order valence-electron chi connectivity index (χ1n) is 5.36. The highest BCUT2D eigenvalue weighted by atomic mass is 16.1. The van der Waals surface area contributed by atoms with Gasteiger partial charge in [-0.05, 0) is 30.5 Å². The van der Waals surface area contributed by atoms with Crippen molar-refractivity contribution in [1.82, 2.24) is 4.57 Å². The van der Waals surface area contributed by atoms with Crippen LogP contribution in [0, 0.1) is 0 Å². The third-order valence-corrected chi connectivity index (χ3v) is 3.09. The van der Waals surface area contributed by atoms with Crippen LogP contribution in [0.2, 0.25) is 0 Å². The molecule has 3 rings (SSSR count). The van der Waals surface area contributed by atoms with Gasteiger partial charge in [-0.1, -0.05) is 18.2 Å². The van der Waals surface area contributed by atoms with Gasteiger partial charge in [-0.25, -0.2) is 0 Å². The molecule has 0 atom stereocenters. The summed E-state index contributed by atoms with van der Waals surface area (Å²) in [5, 5.41) is 0. The predicted octanol–water partition coefficient (Wildman–Crippen LogP) is 1.52. The first-order valence-corrected chi connectivity index (χ1v) is 5.36. The smallest absolute Gasteiger partial charge is 0.255 e. The molecule has 0 saturated carbocycles. The van der Waals surface area contributed by atoms with Crippen LogP contribution >= 0.6 is 0 Å². The maximum absolute atomic E-state index is 11.9. The molecule has 3 heteroatoms. The van der Waals surface area contributed by atoms with Gasteiger partial charge in [-0.3, -0.25) is 9.36 Å². The maximum atomic E-state index is 11.9. The largest absolute Gasteiger partial charge is 0.397 e. The van der Waals surface area contributed by atoms with E-state index in [0.717, 1.165) is 24.2 Å². The molecule has 2 heterocycles. The number of nitrogen functional groups attached to an aromatic ring is 1. The van der Waals surface area contributed by atoms with Crippen LogP contribution in [0.15, 0.2) is 41.2 Å². The lowest BCUT2D eigenvalue weighted by Gasteiger charge is -2.22. The Morgan fingerprint density at radius 1 is 1.06 bits per heavy atom. The minimum atomic E-state index is -0.00338. The standard InChI is InChI=1S/C13H12N2O/c14-10-6-8-13(16)15-11-4-2-1-3-9(11)5-7-12(10)15/h1-4,6,8H,5,7,14H2. The van der Waals surface area contributed by atoms with Crippen LogP contribution in [-0.4, -0.2) is 4.57 Å². The van der Waals surface area contributed by atoms with E-state index in [1.807, 2.05) is 18.2 Å². The summed E-state index contributed by atoms with van der Waals surface area (Å²) in [5.41, 5.74) is 9.73. The highest BCUT2D eigenvalue weighted by molar-refractivity contribution is 5.53. The lowest BCUT2D eigenvalue weighted by atomic mass is 10.00. The van der Waals surface area contributed by atoms with E-state index in [2.05, 4.69) is 6.07 Å². The fourth-order valence-electron chi connectivity index (χ4n) is 2.31. The predicted molar refractivity (Wildman–Crippen MR) is 63.9 cm³/mol. The van der Waals surface area contributed by atoms with Crippen molar-refractivity contribution in [3.8, 4) is 5.69 Å². The van der Waals surface area contributed by atoms with Crippen molar-refractivity contribution in [2.45, 2.75) is 12.8 Å². The Hall–Kier alpha value is -2.03. The van der Waals surface area contributed by atoms with Gasteiger partial charge in [0.25, 0.3) is 5.56 Å². The molecule has 2 aromatic rings. The molecule has 3 nitrogen and oxygen atoms in total. The quantitative estimate of drug-likeness (QED) is 0.719. The van der Waals surface area contributed by atoms with Crippen LogP contribution in [0.5, 0.6) is 0 Å². The van der Waals surface area contributed by atoms with Crippen molar-refractivity contribution in [1.29, 1.82) is 0 Å². The van der Waals surface area contributed by atoms with Gasteiger partial charge in [0.1, 0.15) is 0 Å². The van der Waals surface area contributed by atoms with Gasteiger partial charge < -0.3 is 5.73 Å². The molecule has 1 aromatic carbocycles. The summed E-state index contributed by atoms with van der Waals surface area (Å²) in [7, 11) is 0. The Labute approximate surface area is 93.1 Å². The van der Waals surface area contributed by atoms with Crippen molar-refractivity contribution < 1.29 is 0 Å². The summed E-state index contributed by atoms with van der Waals surface area (Å²) in [6.45, 7) is 0. The molecule has 0 fully saturated rings. The fraction of sp³-hybridized carbons (Fsp3) is 0.154. The number of aryl methyl sites for hydroxylation is 1. The average Bonchev–Trinajstić information content (AvgIpc) is 2.33. The second kappa shape index (κ2) is 3.23. The summed E-state index contributed by atoms with van der Waals surface area (Å²) in [6, 6.07) is 11.2. The Balaban J connectivity index is 2.40. The molecular weight excluding hydrogens is 200 g/mol. The second-order valence-electron chi connectivity index (χ2n) is 4.04. The van der Waals surface area contributed by atoms with Crippen molar-refractivity contribution >= 4 is 5.69 Å². The van der Waals surface area contributed by atoms with Crippen molar-refractivity contribution in [3.05, 3.63) is 58.0 Å². The Kier molecular flexibility index (Phi) is 1.86. The van der Waals surface area contributed by atoms with Crippen LogP contribution in [0.1, 0.15) is 11.3 Å². The minimum absolute atomic E-state index is 0.00338. The van der Waals surface area contributed by atoms with E-state index >= 15 is 0 Å². The molecule has 1 aliphatic heterocycles. The number of nitrogens with zero attached hydrogens (tertiary/aromatic N) is 1. The van der Waals surface area contributed by atoms with E-state index < -0.39 is 0 Å². The summed E-state index contributed by atoms with van der Waals surface area (Å²) in [6.07, 6.45) is 1.78. The third kappa shape index (κ3) is 1.18. The lowest BCUT2D eigenvalue weighted by Crippen LogP contribution is -2.26. The molecule has 16 heavy (non-hydrogen) atoms. The van der Waals surface area contributed by atoms with E-state index in [9.17, 15) is 4.79 Å². The maximum Gasteiger partial charge on any atom is 0.255 e. The molecule has 0 aliphatic carbocycles. The summed E-state index contributed by atoms with van der Waals surface area (Å²) < 4.78 is 1.73. The normalized spacial score (nSPS) is 13.0. The Morgan fingerprint density at radius 3 is 2.75 bits per heavy atom. The molecule has 0 spiro atoms. The number of anilines is 1. The SMILES string of the molecule is Nc1ccc(=O)n2c1CCc1ccccc1-2. The number of rotatable bonds is 0. The zero-order chi connectivity index (χ0) is 11.1. The van der Waals surface area contributed by atoms with E-state index in [-0.39, 0.29) is 5.56 Å². The first-order chi connectivity index (χ1) is 7.77. The highest BCUT2D eigenvalue weighted by Gasteiger charge is 2.17. The van der Waals surface area contributed by atoms with E-state index in [1.165, 1.54) is 11.6 Å². The monoisotopic (exact) mass is 212 g/mol. The fourth-order valence-corrected chi connectivity index (χ4v) is 2.31. The van der Waals surface area contributed by atoms with Crippen molar-refractivity contribution in [2.24, 2.45) is 0 Å². The molecule has 0 unspecified atom stereocenters. The van der Waals surface area contributed by atoms with Crippen molar-refractivity contribution in [3.63, 3.8) is 0 Å². The molecule has 0 amide bonds. The summed E-state index contributed by atoms with van der Waals surface area (Å²) in [5.74, 6) is 0. The second-order valence-corrected chi connectivity index (χ2v) is 4.04. The number of benzene rings is 1. The highest BCUT2D eigenvalue weighted by Crippen LogP contribution is 2.25. The van der Waals surface area contributed by atoms with Gasteiger partial charge in [-0.2, -0.15) is 0 Å².